The summed E-state index contributed by atoms with van der Waals surface area (Å²) >= 11 is 0. The first kappa shape index (κ1) is 10.7. The van der Waals surface area contributed by atoms with Crippen LogP contribution in [0.2, 0.25) is 0 Å². The molecule has 2 aromatic rings. The van der Waals surface area contributed by atoms with Crippen LogP contribution in [-0.2, 0) is 0 Å². The number of aromatic nitrogens is 2. The van der Waals surface area contributed by atoms with Crippen molar-refractivity contribution in [3.8, 4) is 5.69 Å². The van der Waals surface area contributed by atoms with Crippen LogP contribution < -0.4 is 5.69 Å². The predicted octanol–water partition coefficient (Wildman–Crippen LogP) is 2.60. The van der Waals surface area contributed by atoms with Gasteiger partial charge in [-0.15, -0.1) is 0 Å². The molecule has 0 bridgehead atoms. The van der Waals surface area contributed by atoms with E-state index >= 15 is 0 Å². The fraction of sp³-hybridized carbons (Fsp3) is 0.308. The summed E-state index contributed by atoms with van der Waals surface area (Å²) in [5, 5.41) is 0. The second kappa shape index (κ2) is 4.00. The van der Waals surface area contributed by atoms with Gasteiger partial charge in [0, 0.05) is 11.9 Å². The lowest BCUT2D eigenvalue weighted by Gasteiger charge is -2.10. The molecule has 0 spiro atoms. The molecule has 0 aliphatic carbocycles. The molecule has 0 saturated carbocycles. The normalized spacial score (nSPS) is 11.0. The summed E-state index contributed by atoms with van der Waals surface area (Å²) in [5.41, 5.74) is 3.01. The molecule has 0 atom stereocenters. The highest BCUT2D eigenvalue weighted by atomic mass is 16.1. The Morgan fingerprint density at radius 1 is 1.31 bits per heavy atom. The second-order valence-electron chi connectivity index (χ2n) is 4.35. The number of nitrogens with zero attached hydrogens (tertiary/aromatic N) is 1. The average molecular weight is 216 g/mol. The minimum atomic E-state index is -0.0747. The van der Waals surface area contributed by atoms with Crippen molar-refractivity contribution >= 4 is 0 Å². The van der Waals surface area contributed by atoms with E-state index in [1.165, 1.54) is 0 Å². The zero-order chi connectivity index (χ0) is 11.7. The number of rotatable bonds is 2. The standard InChI is InChI=1S/C13H16N2O/c1-9(2)12-8-14-13(16)15(12)11-6-4-5-10(3)7-11/h4-9H,1-3H3,(H,14,16). The van der Waals surface area contributed by atoms with Gasteiger partial charge in [-0.25, -0.2) is 4.79 Å². The third kappa shape index (κ3) is 1.81. The number of benzene rings is 1. The number of hydrogen-bond donors (Lipinski definition) is 1. The summed E-state index contributed by atoms with van der Waals surface area (Å²) < 4.78 is 1.73. The molecule has 1 N–H and O–H groups in total. The Labute approximate surface area is 94.7 Å². The molecule has 3 heteroatoms. The molecule has 0 unspecified atom stereocenters. The monoisotopic (exact) mass is 216 g/mol. The zero-order valence-corrected chi connectivity index (χ0v) is 9.82. The van der Waals surface area contributed by atoms with Gasteiger partial charge in [-0.2, -0.15) is 0 Å². The maximum atomic E-state index is 11.8. The second-order valence-corrected chi connectivity index (χ2v) is 4.35. The summed E-state index contributed by atoms with van der Waals surface area (Å²) in [7, 11) is 0. The summed E-state index contributed by atoms with van der Waals surface area (Å²) in [5.74, 6) is 0.319. The summed E-state index contributed by atoms with van der Waals surface area (Å²) in [6.07, 6.45) is 1.79. The van der Waals surface area contributed by atoms with Crippen LogP contribution in [-0.4, -0.2) is 9.55 Å². The van der Waals surface area contributed by atoms with E-state index in [-0.39, 0.29) is 5.69 Å². The molecule has 0 amide bonds. The third-order valence-corrected chi connectivity index (χ3v) is 2.66. The smallest absolute Gasteiger partial charge is 0.312 e. The first-order valence-corrected chi connectivity index (χ1v) is 5.47. The van der Waals surface area contributed by atoms with Crippen molar-refractivity contribution in [2.24, 2.45) is 0 Å². The Morgan fingerprint density at radius 2 is 2.06 bits per heavy atom. The number of aryl methyl sites for hydroxylation is 1. The van der Waals surface area contributed by atoms with Crippen molar-refractivity contribution in [2.45, 2.75) is 26.7 Å². The summed E-state index contributed by atoms with van der Waals surface area (Å²) in [6.45, 7) is 6.18. The Hall–Kier alpha value is -1.77. The van der Waals surface area contributed by atoms with Gasteiger partial charge >= 0.3 is 5.69 Å². The van der Waals surface area contributed by atoms with Crippen molar-refractivity contribution in [2.75, 3.05) is 0 Å². The maximum absolute atomic E-state index is 11.8. The van der Waals surface area contributed by atoms with Crippen molar-refractivity contribution < 1.29 is 0 Å². The summed E-state index contributed by atoms with van der Waals surface area (Å²) in [4.78, 5) is 14.5. The lowest BCUT2D eigenvalue weighted by atomic mass is 10.1. The van der Waals surface area contributed by atoms with Gasteiger partial charge in [-0.05, 0) is 30.5 Å². The largest absolute Gasteiger partial charge is 0.330 e. The molecule has 2 rings (SSSR count). The van der Waals surface area contributed by atoms with Crippen molar-refractivity contribution in [1.82, 2.24) is 9.55 Å². The van der Waals surface area contributed by atoms with Gasteiger partial charge in [0.2, 0.25) is 0 Å². The van der Waals surface area contributed by atoms with Crippen LogP contribution >= 0.6 is 0 Å². The van der Waals surface area contributed by atoms with Crippen LogP contribution in [0, 0.1) is 6.92 Å². The fourth-order valence-electron chi connectivity index (χ4n) is 1.84. The number of hydrogen-bond acceptors (Lipinski definition) is 1. The molecule has 84 valence electrons. The SMILES string of the molecule is Cc1cccc(-n2c(C(C)C)c[nH]c2=O)c1. The van der Waals surface area contributed by atoms with Crippen molar-refractivity contribution in [1.29, 1.82) is 0 Å². The lowest BCUT2D eigenvalue weighted by molar-refractivity contribution is 0.776. The van der Waals surface area contributed by atoms with Crippen LogP contribution in [0.3, 0.4) is 0 Å². The minimum Gasteiger partial charge on any atom is -0.312 e. The highest BCUT2D eigenvalue weighted by Gasteiger charge is 2.11. The van der Waals surface area contributed by atoms with Crippen LogP contribution in [0.15, 0.2) is 35.3 Å². The molecule has 0 aliphatic heterocycles. The van der Waals surface area contributed by atoms with Crippen LogP contribution in [0.1, 0.15) is 31.0 Å². The molecule has 1 aromatic heterocycles. The fourth-order valence-corrected chi connectivity index (χ4v) is 1.84. The predicted molar refractivity (Wildman–Crippen MR) is 65.2 cm³/mol. The minimum absolute atomic E-state index is 0.0747. The third-order valence-electron chi connectivity index (χ3n) is 2.66. The van der Waals surface area contributed by atoms with Gasteiger partial charge in [0.25, 0.3) is 0 Å². The first-order valence-electron chi connectivity index (χ1n) is 5.47. The van der Waals surface area contributed by atoms with Crippen molar-refractivity contribution in [3.05, 3.63) is 52.2 Å². The Bertz CT molecular complexity index is 549. The van der Waals surface area contributed by atoms with Crippen LogP contribution in [0.4, 0.5) is 0 Å². The Morgan fingerprint density at radius 3 is 2.69 bits per heavy atom. The number of nitrogens with one attached hydrogen (secondary N) is 1. The van der Waals surface area contributed by atoms with Gasteiger partial charge in [0.15, 0.2) is 0 Å². The zero-order valence-electron chi connectivity index (χ0n) is 9.82. The molecular formula is C13H16N2O. The van der Waals surface area contributed by atoms with Crippen LogP contribution in [0.25, 0.3) is 5.69 Å². The Kier molecular flexibility index (Phi) is 2.69. The molecule has 0 aliphatic rings. The van der Waals surface area contributed by atoms with Gasteiger partial charge < -0.3 is 4.98 Å². The van der Waals surface area contributed by atoms with E-state index in [9.17, 15) is 4.79 Å². The number of imidazole rings is 1. The van der Waals surface area contributed by atoms with E-state index in [2.05, 4.69) is 18.8 Å². The van der Waals surface area contributed by atoms with E-state index in [0.717, 1.165) is 16.9 Å². The van der Waals surface area contributed by atoms with Gasteiger partial charge in [-0.3, -0.25) is 4.57 Å². The van der Waals surface area contributed by atoms with E-state index in [0.29, 0.717) is 5.92 Å². The van der Waals surface area contributed by atoms with E-state index in [4.69, 9.17) is 0 Å². The van der Waals surface area contributed by atoms with E-state index in [1.807, 2.05) is 31.2 Å². The molecule has 0 saturated heterocycles. The van der Waals surface area contributed by atoms with Crippen LogP contribution in [0.5, 0.6) is 0 Å². The molecule has 0 fully saturated rings. The number of aromatic amines is 1. The molecular weight excluding hydrogens is 200 g/mol. The number of H-pyrrole nitrogens is 1. The van der Waals surface area contributed by atoms with Crippen molar-refractivity contribution in [3.63, 3.8) is 0 Å². The summed E-state index contributed by atoms with van der Waals surface area (Å²) in [6, 6.07) is 7.96. The quantitative estimate of drug-likeness (QED) is 0.823. The topological polar surface area (TPSA) is 37.8 Å². The molecule has 0 radical (unpaired) electrons. The Balaban J connectivity index is 2.63. The van der Waals surface area contributed by atoms with E-state index in [1.54, 1.807) is 10.8 Å². The molecule has 1 aromatic carbocycles. The molecule has 16 heavy (non-hydrogen) atoms. The van der Waals surface area contributed by atoms with Gasteiger partial charge in [0.1, 0.15) is 0 Å². The first-order chi connectivity index (χ1) is 7.59. The lowest BCUT2D eigenvalue weighted by Crippen LogP contribution is -2.17. The maximum Gasteiger partial charge on any atom is 0.330 e. The van der Waals surface area contributed by atoms with Gasteiger partial charge in [0.05, 0.1) is 5.69 Å². The molecule has 3 nitrogen and oxygen atoms in total. The van der Waals surface area contributed by atoms with Gasteiger partial charge in [-0.1, -0.05) is 26.0 Å². The highest BCUT2D eigenvalue weighted by molar-refractivity contribution is 5.37. The average Bonchev–Trinajstić information content (AvgIpc) is 2.60. The van der Waals surface area contributed by atoms with E-state index < -0.39 is 0 Å². The highest BCUT2D eigenvalue weighted by Crippen LogP contribution is 2.17. The molecule has 1 heterocycles.